The smallest absolute Gasteiger partial charge is 0.128 e. The molecule has 1 atom stereocenters. The molecule has 0 amide bonds. The summed E-state index contributed by atoms with van der Waals surface area (Å²) in [5.41, 5.74) is 1.03. The van der Waals surface area contributed by atoms with E-state index in [4.69, 9.17) is 4.74 Å². The van der Waals surface area contributed by atoms with Crippen molar-refractivity contribution in [2.45, 2.75) is 26.8 Å². The molecule has 0 radical (unpaired) electrons. The molecule has 96 valence electrons. The molecule has 0 aromatic carbocycles. The zero-order chi connectivity index (χ0) is 12.7. The van der Waals surface area contributed by atoms with Crippen molar-refractivity contribution in [1.82, 2.24) is 4.98 Å². The zero-order valence-corrected chi connectivity index (χ0v) is 11.2. The summed E-state index contributed by atoms with van der Waals surface area (Å²) < 4.78 is 5.08. The van der Waals surface area contributed by atoms with Crippen LogP contribution in [0.1, 0.15) is 20.8 Å². The molecule has 0 aliphatic carbocycles. The first-order chi connectivity index (χ1) is 8.21. The number of methoxy groups -OCH3 is 1. The predicted octanol–water partition coefficient (Wildman–Crippen LogP) is 2.37. The lowest BCUT2D eigenvalue weighted by atomic mass is 10.3. The molecular formula is C13H23N3O. The van der Waals surface area contributed by atoms with Crippen LogP contribution in [0.2, 0.25) is 0 Å². The standard InChI is InChI=1S/C13H23N3O/c1-5-16(6-2)13-8-7-12(9-14-13)15-11(3)10-17-4/h7-9,11,15H,5-6,10H2,1-4H3. The predicted molar refractivity (Wildman–Crippen MR) is 72.8 cm³/mol. The first-order valence-electron chi connectivity index (χ1n) is 6.17. The van der Waals surface area contributed by atoms with Crippen molar-refractivity contribution in [2.75, 3.05) is 37.0 Å². The zero-order valence-electron chi connectivity index (χ0n) is 11.2. The molecular weight excluding hydrogens is 214 g/mol. The molecule has 0 bridgehead atoms. The van der Waals surface area contributed by atoms with Gasteiger partial charge in [0.2, 0.25) is 0 Å². The van der Waals surface area contributed by atoms with E-state index < -0.39 is 0 Å². The monoisotopic (exact) mass is 237 g/mol. The topological polar surface area (TPSA) is 37.4 Å². The highest BCUT2D eigenvalue weighted by Gasteiger charge is 2.04. The van der Waals surface area contributed by atoms with Crippen LogP contribution in [-0.4, -0.2) is 37.8 Å². The van der Waals surface area contributed by atoms with Gasteiger partial charge in [-0.2, -0.15) is 0 Å². The van der Waals surface area contributed by atoms with Gasteiger partial charge < -0.3 is 15.0 Å². The van der Waals surface area contributed by atoms with E-state index in [1.54, 1.807) is 7.11 Å². The number of nitrogens with one attached hydrogen (secondary N) is 1. The number of ether oxygens (including phenoxy) is 1. The average Bonchev–Trinajstić information content (AvgIpc) is 2.33. The van der Waals surface area contributed by atoms with Gasteiger partial charge in [0.1, 0.15) is 5.82 Å². The van der Waals surface area contributed by atoms with E-state index in [-0.39, 0.29) is 0 Å². The van der Waals surface area contributed by atoms with Gasteiger partial charge in [-0.15, -0.1) is 0 Å². The lowest BCUT2D eigenvalue weighted by Crippen LogP contribution is -2.23. The summed E-state index contributed by atoms with van der Waals surface area (Å²) in [5, 5.41) is 3.34. The quantitative estimate of drug-likeness (QED) is 0.790. The van der Waals surface area contributed by atoms with Gasteiger partial charge in [-0.25, -0.2) is 4.98 Å². The highest BCUT2D eigenvalue weighted by Crippen LogP contribution is 2.14. The van der Waals surface area contributed by atoms with Crippen molar-refractivity contribution < 1.29 is 4.74 Å². The van der Waals surface area contributed by atoms with Crippen molar-refractivity contribution in [3.05, 3.63) is 18.3 Å². The minimum atomic E-state index is 0.293. The van der Waals surface area contributed by atoms with Gasteiger partial charge in [0.05, 0.1) is 18.5 Å². The SMILES string of the molecule is CCN(CC)c1ccc(NC(C)COC)cn1. The fourth-order valence-electron chi connectivity index (χ4n) is 1.78. The van der Waals surface area contributed by atoms with E-state index in [9.17, 15) is 0 Å². The van der Waals surface area contributed by atoms with E-state index in [0.717, 1.165) is 24.6 Å². The number of rotatable bonds is 7. The van der Waals surface area contributed by atoms with Crippen LogP contribution in [0, 0.1) is 0 Å². The Balaban J connectivity index is 2.61. The minimum Gasteiger partial charge on any atom is -0.383 e. The Hall–Kier alpha value is -1.29. The Morgan fingerprint density at radius 3 is 2.53 bits per heavy atom. The van der Waals surface area contributed by atoms with Crippen LogP contribution < -0.4 is 10.2 Å². The summed E-state index contributed by atoms with van der Waals surface area (Å²) in [4.78, 5) is 6.68. The van der Waals surface area contributed by atoms with Crippen LogP contribution in [0.25, 0.3) is 0 Å². The molecule has 0 aliphatic rings. The molecule has 1 aromatic rings. The normalized spacial score (nSPS) is 12.2. The fourth-order valence-corrected chi connectivity index (χ4v) is 1.78. The number of hydrogen-bond donors (Lipinski definition) is 1. The number of hydrogen-bond acceptors (Lipinski definition) is 4. The lowest BCUT2D eigenvalue weighted by molar-refractivity contribution is 0.190. The molecule has 4 nitrogen and oxygen atoms in total. The van der Waals surface area contributed by atoms with Crippen molar-refractivity contribution >= 4 is 11.5 Å². The molecule has 4 heteroatoms. The second-order valence-electron chi connectivity index (χ2n) is 4.08. The molecule has 0 saturated heterocycles. The van der Waals surface area contributed by atoms with Gasteiger partial charge in [0.15, 0.2) is 0 Å². The van der Waals surface area contributed by atoms with Gasteiger partial charge in [-0.05, 0) is 32.9 Å². The summed E-state index contributed by atoms with van der Waals surface area (Å²) in [5.74, 6) is 1.03. The second kappa shape index (κ2) is 7.12. The molecule has 1 rings (SSSR count). The van der Waals surface area contributed by atoms with Crippen LogP contribution in [0.15, 0.2) is 18.3 Å². The first kappa shape index (κ1) is 13.8. The van der Waals surface area contributed by atoms with Crippen LogP contribution in [0.3, 0.4) is 0 Å². The number of pyridine rings is 1. The molecule has 1 N–H and O–H groups in total. The van der Waals surface area contributed by atoms with Gasteiger partial charge >= 0.3 is 0 Å². The molecule has 0 spiro atoms. The maximum Gasteiger partial charge on any atom is 0.128 e. The molecule has 0 aliphatic heterocycles. The molecule has 0 saturated carbocycles. The minimum absolute atomic E-state index is 0.293. The highest BCUT2D eigenvalue weighted by molar-refractivity contribution is 5.48. The molecule has 0 fully saturated rings. The Labute approximate surface area is 104 Å². The van der Waals surface area contributed by atoms with E-state index >= 15 is 0 Å². The van der Waals surface area contributed by atoms with E-state index in [1.807, 2.05) is 6.20 Å². The number of nitrogens with zero attached hydrogens (tertiary/aromatic N) is 2. The summed E-state index contributed by atoms with van der Waals surface area (Å²) >= 11 is 0. The van der Waals surface area contributed by atoms with Gasteiger partial charge in [0.25, 0.3) is 0 Å². The molecule has 1 aromatic heterocycles. The highest BCUT2D eigenvalue weighted by atomic mass is 16.5. The molecule has 1 heterocycles. The number of anilines is 2. The van der Waals surface area contributed by atoms with E-state index in [0.29, 0.717) is 12.6 Å². The van der Waals surface area contributed by atoms with Crippen LogP contribution in [0.4, 0.5) is 11.5 Å². The van der Waals surface area contributed by atoms with Crippen molar-refractivity contribution in [3.8, 4) is 0 Å². The Morgan fingerprint density at radius 2 is 2.06 bits per heavy atom. The second-order valence-corrected chi connectivity index (χ2v) is 4.08. The van der Waals surface area contributed by atoms with Gasteiger partial charge in [-0.3, -0.25) is 0 Å². The summed E-state index contributed by atoms with van der Waals surface area (Å²) in [6.45, 7) is 9.02. The third-order valence-corrected chi connectivity index (χ3v) is 2.67. The van der Waals surface area contributed by atoms with E-state index in [1.165, 1.54) is 0 Å². The van der Waals surface area contributed by atoms with Crippen LogP contribution in [-0.2, 0) is 4.74 Å². The van der Waals surface area contributed by atoms with E-state index in [2.05, 4.69) is 48.1 Å². The molecule has 1 unspecified atom stereocenters. The Morgan fingerprint density at radius 1 is 1.35 bits per heavy atom. The third-order valence-electron chi connectivity index (χ3n) is 2.67. The van der Waals surface area contributed by atoms with Gasteiger partial charge in [0, 0.05) is 26.2 Å². The number of aromatic nitrogens is 1. The van der Waals surface area contributed by atoms with Crippen molar-refractivity contribution in [1.29, 1.82) is 0 Å². The van der Waals surface area contributed by atoms with Crippen molar-refractivity contribution in [2.24, 2.45) is 0 Å². The maximum atomic E-state index is 5.08. The van der Waals surface area contributed by atoms with Crippen LogP contribution >= 0.6 is 0 Å². The molecule has 17 heavy (non-hydrogen) atoms. The maximum absolute atomic E-state index is 5.08. The summed E-state index contributed by atoms with van der Waals surface area (Å²) in [6.07, 6.45) is 1.87. The average molecular weight is 237 g/mol. The van der Waals surface area contributed by atoms with Crippen molar-refractivity contribution in [3.63, 3.8) is 0 Å². The Kier molecular flexibility index (Phi) is 5.77. The van der Waals surface area contributed by atoms with Gasteiger partial charge in [-0.1, -0.05) is 0 Å². The Bertz CT molecular complexity index is 309. The summed E-state index contributed by atoms with van der Waals surface area (Å²) in [7, 11) is 1.71. The lowest BCUT2D eigenvalue weighted by Gasteiger charge is -2.20. The summed E-state index contributed by atoms with van der Waals surface area (Å²) in [6, 6.07) is 4.41. The third kappa shape index (κ3) is 4.23. The largest absolute Gasteiger partial charge is 0.383 e. The fraction of sp³-hybridized carbons (Fsp3) is 0.615. The van der Waals surface area contributed by atoms with Crippen LogP contribution in [0.5, 0.6) is 0 Å². The first-order valence-corrected chi connectivity index (χ1v) is 6.17.